The highest BCUT2D eigenvalue weighted by molar-refractivity contribution is 5.98. The fraction of sp³-hybridized carbons (Fsp3) is 0.111. The average molecular weight is 339 g/mol. The fourth-order valence-electron chi connectivity index (χ4n) is 2.46. The van der Waals surface area contributed by atoms with Crippen LogP contribution in [0.15, 0.2) is 39.5 Å². The van der Waals surface area contributed by atoms with Gasteiger partial charge in [0, 0.05) is 17.1 Å². The minimum Gasteiger partial charge on any atom is -0.477 e. The van der Waals surface area contributed by atoms with Crippen molar-refractivity contribution in [1.29, 1.82) is 0 Å². The summed E-state index contributed by atoms with van der Waals surface area (Å²) in [5.41, 5.74) is 0.565. The minimum absolute atomic E-state index is 0.0120. The van der Waals surface area contributed by atoms with Crippen LogP contribution in [-0.2, 0) is 0 Å². The van der Waals surface area contributed by atoms with Gasteiger partial charge in [0.05, 0.1) is 0 Å². The second kappa shape index (κ2) is 6.20. The molecule has 0 fully saturated rings. The number of carbonyl (C=O) groups is 2. The van der Waals surface area contributed by atoms with Gasteiger partial charge in [0.25, 0.3) is 0 Å². The monoisotopic (exact) mass is 339 g/mol. The Morgan fingerprint density at radius 2 is 2.00 bits per heavy atom. The molecule has 0 saturated carbocycles. The fourth-order valence-corrected chi connectivity index (χ4v) is 2.46. The number of hydrogen-bond donors (Lipinski definition) is 1. The van der Waals surface area contributed by atoms with Crippen LogP contribution in [0.3, 0.4) is 0 Å². The van der Waals surface area contributed by atoms with Crippen LogP contribution >= 0.6 is 0 Å². The minimum atomic E-state index is -1.21. The highest BCUT2D eigenvalue weighted by Gasteiger charge is 2.18. The van der Waals surface area contributed by atoms with E-state index in [9.17, 15) is 19.5 Å². The molecule has 0 amide bonds. The Hall–Kier alpha value is -3.48. The molecule has 3 aromatic rings. The highest BCUT2D eigenvalue weighted by atomic mass is 16.5. The van der Waals surface area contributed by atoms with Gasteiger partial charge in [-0.2, -0.15) is 0 Å². The van der Waals surface area contributed by atoms with Gasteiger partial charge in [-0.1, -0.05) is 0 Å². The summed E-state index contributed by atoms with van der Waals surface area (Å²) in [6.45, 7) is 3.40. The molecule has 2 heterocycles. The number of pyridine rings is 1. The molecule has 0 unspecified atom stereocenters. The molecule has 1 N–H and O–H groups in total. The lowest BCUT2D eigenvalue weighted by Gasteiger charge is -2.11. The number of carboxylic acid groups (broad SMARTS) is 1. The molecule has 0 bridgehead atoms. The van der Waals surface area contributed by atoms with E-state index in [0.717, 1.165) is 0 Å². The molecule has 0 aliphatic rings. The van der Waals surface area contributed by atoms with Crippen molar-refractivity contribution in [3.8, 4) is 11.6 Å². The Morgan fingerprint density at radius 3 is 2.68 bits per heavy atom. The summed E-state index contributed by atoms with van der Waals surface area (Å²) in [5, 5.41) is 9.84. The van der Waals surface area contributed by atoms with Crippen LogP contribution in [0, 0.1) is 13.8 Å². The number of benzene rings is 1. The molecule has 0 aliphatic carbocycles. The van der Waals surface area contributed by atoms with Gasteiger partial charge in [-0.15, -0.1) is 0 Å². The first-order valence-corrected chi connectivity index (χ1v) is 7.32. The summed E-state index contributed by atoms with van der Waals surface area (Å²) >= 11 is 0. The smallest absolute Gasteiger partial charge is 0.341 e. The number of aryl methyl sites for hydroxylation is 2. The largest absolute Gasteiger partial charge is 0.477 e. The Balaban J connectivity index is 2.21. The zero-order chi connectivity index (χ0) is 18.1. The van der Waals surface area contributed by atoms with Crippen molar-refractivity contribution in [3.05, 3.63) is 63.1 Å². The molecule has 1 aromatic carbocycles. The predicted octanol–water partition coefficient (Wildman–Crippen LogP) is 3.11. The van der Waals surface area contributed by atoms with Crippen molar-refractivity contribution in [2.24, 2.45) is 0 Å². The molecular weight excluding hydrogens is 326 g/mol. The average Bonchev–Trinajstić information content (AvgIpc) is 2.54. The standard InChI is InChI=1S/C18H13NO6/c1-9-7-15(21)25-16-11(9)5-6-14(13(16)8-20)24-17-12(18(22)23)4-3-10(2)19-17/h3-8H,1-2H3,(H,22,23). The number of nitrogens with zero attached hydrogens (tertiary/aromatic N) is 1. The summed E-state index contributed by atoms with van der Waals surface area (Å²) in [4.78, 5) is 38.6. The van der Waals surface area contributed by atoms with Gasteiger partial charge in [0.2, 0.25) is 5.88 Å². The third-order valence-corrected chi connectivity index (χ3v) is 3.67. The number of hydrogen-bond acceptors (Lipinski definition) is 6. The molecule has 2 aromatic heterocycles. The number of aldehydes is 1. The van der Waals surface area contributed by atoms with Crippen LogP contribution < -0.4 is 10.4 Å². The Bertz CT molecular complexity index is 1070. The van der Waals surface area contributed by atoms with Crippen molar-refractivity contribution in [1.82, 2.24) is 4.98 Å². The summed E-state index contributed by atoms with van der Waals surface area (Å²) in [5.74, 6) is -1.31. The summed E-state index contributed by atoms with van der Waals surface area (Å²) in [6.07, 6.45) is 0.496. The quantitative estimate of drug-likeness (QED) is 0.575. The first-order chi connectivity index (χ1) is 11.9. The van der Waals surface area contributed by atoms with Crippen molar-refractivity contribution >= 4 is 23.2 Å². The van der Waals surface area contributed by atoms with E-state index in [1.54, 1.807) is 26.0 Å². The normalized spacial score (nSPS) is 10.6. The van der Waals surface area contributed by atoms with Crippen molar-refractivity contribution in [2.75, 3.05) is 0 Å². The molecule has 7 nitrogen and oxygen atoms in total. The van der Waals surface area contributed by atoms with Gasteiger partial charge < -0.3 is 14.3 Å². The van der Waals surface area contributed by atoms with E-state index in [2.05, 4.69) is 4.98 Å². The molecule has 3 rings (SSSR count). The lowest BCUT2D eigenvalue weighted by atomic mass is 10.1. The van der Waals surface area contributed by atoms with Crippen LogP contribution in [0.4, 0.5) is 0 Å². The van der Waals surface area contributed by atoms with E-state index in [0.29, 0.717) is 22.9 Å². The molecule has 7 heteroatoms. The first-order valence-electron chi connectivity index (χ1n) is 7.32. The third-order valence-electron chi connectivity index (χ3n) is 3.67. The maximum atomic E-state index is 11.6. The van der Waals surface area contributed by atoms with E-state index >= 15 is 0 Å². The lowest BCUT2D eigenvalue weighted by Crippen LogP contribution is -2.05. The van der Waals surface area contributed by atoms with Crippen LogP contribution in [0.25, 0.3) is 11.0 Å². The molecule has 0 radical (unpaired) electrons. The van der Waals surface area contributed by atoms with E-state index in [4.69, 9.17) is 9.15 Å². The second-order valence-electron chi connectivity index (χ2n) is 5.43. The molecule has 126 valence electrons. The van der Waals surface area contributed by atoms with Crippen molar-refractivity contribution in [2.45, 2.75) is 13.8 Å². The molecule has 0 aliphatic heterocycles. The highest BCUT2D eigenvalue weighted by Crippen LogP contribution is 2.31. The van der Waals surface area contributed by atoms with E-state index in [1.807, 2.05) is 0 Å². The van der Waals surface area contributed by atoms with Crippen molar-refractivity contribution in [3.63, 3.8) is 0 Å². The van der Waals surface area contributed by atoms with Gasteiger partial charge in [-0.25, -0.2) is 14.6 Å². The van der Waals surface area contributed by atoms with Crippen LogP contribution in [0.2, 0.25) is 0 Å². The molecular formula is C18H13NO6. The van der Waals surface area contributed by atoms with Gasteiger partial charge in [0.1, 0.15) is 16.9 Å². The Kier molecular flexibility index (Phi) is 4.06. The number of rotatable bonds is 4. The number of carbonyl (C=O) groups excluding carboxylic acids is 1. The van der Waals surface area contributed by atoms with Crippen LogP contribution in [0.1, 0.15) is 32.0 Å². The molecule has 25 heavy (non-hydrogen) atoms. The Morgan fingerprint density at radius 1 is 1.24 bits per heavy atom. The number of fused-ring (bicyclic) bond motifs is 1. The van der Waals surface area contributed by atoms with Gasteiger partial charge in [0.15, 0.2) is 11.9 Å². The zero-order valence-electron chi connectivity index (χ0n) is 13.4. The summed E-state index contributed by atoms with van der Waals surface area (Å²) in [6, 6.07) is 7.37. The van der Waals surface area contributed by atoms with Gasteiger partial charge in [-0.05, 0) is 43.7 Å². The van der Waals surface area contributed by atoms with Gasteiger partial charge in [-0.3, -0.25) is 4.79 Å². The van der Waals surface area contributed by atoms with Crippen LogP contribution in [0.5, 0.6) is 11.6 Å². The third kappa shape index (κ3) is 2.99. The van der Waals surface area contributed by atoms with E-state index in [-0.39, 0.29) is 28.3 Å². The number of aromatic nitrogens is 1. The summed E-state index contributed by atoms with van der Waals surface area (Å²) in [7, 11) is 0. The van der Waals surface area contributed by atoms with Crippen molar-refractivity contribution < 1.29 is 23.8 Å². The number of aromatic carboxylic acids is 1. The molecule has 0 atom stereocenters. The predicted molar refractivity (Wildman–Crippen MR) is 88.6 cm³/mol. The SMILES string of the molecule is Cc1ccc(C(=O)O)c(Oc2ccc3c(C)cc(=O)oc3c2C=O)n1. The summed E-state index contributed by atoms with van der Waals surface area (Å²) < 4.78 is 10.7. The topological polar surface area (TPSA) is 107 Å². The first kappa shape index (κ1) is 16.4. The maximum absolute atomic E-state index is 11.6. The van der Waals surface area contributed by atoms with E-state index < -0.39 is 11.6 Å². The molecule has 0 spiro atoms. The Labute approximate surface area is 141 Å². The number of carboxylic acids is 1. The zero-order valence-corrected chi connectivity index (χ0v) is 13.4. The molecule has 0 saturated heterocycles. The number of ether oxygens (including phenoxy) is 1. The maximum Gasteiger partial charge on any atom is 0.341 e. The van der Waals surface area contributed by atoms with Crippen LogP contribution in [-0.4, -0.2) is 22.3 Å². The lowest BCUT2D eigenvalue weighted by molar-refractivity contribution is 0.0693. The second-order valence-corrected chi connectivity index (χ2v) is 5.43. The van der Waals surface area contributed by atoms with E-state index in [1.165, 1.54) is 18.2 Å². The van der Waals surface area contributed by atoms with Gasteiger partial charge >= 0.3 is 11.6 Å².